The van der Waals surface area contributed by atoms with Crippen LogP contribution >= 0.6 is 0 Å². The highest BCUT2D eigenvalue weighted by Crippen LogP contribution is 2.25. The van der Waals surface area contributed by atoms with Gasteiger partial charge in [-0.1, -0.05) is 36.4 Å². The van der Waals surface area contributed by atoms with E-state index in [9.17, 15) is 15.0 Å². The molecule has 2 aromatic carbocycles. The Bertz CT molecular complexity index is 886. The number of carbonyl (C=O) groups excluding carboxylic acids is 1. The van der Waals surface area contributed by atoms with E-state index < -0.39 is 5.60 Å². The van der Waals surface area contributed by atoms with E-state index >= 15 is 0 Å². The van der Waals surface area contributed by atoms with Gasteiger partial charge >= 0.3 is 6.09 Å². The lowest BCUT2D eigenvalue weighted by molar-refractivity contribution is -0.933. The van der Waals surface area contributed by atoms with Gasteiger partial charge < -0.3 is 24.7 Å². The first-order valence-corrected chi connectivity index (χ1v) is 12.5. The summed E-state index contributed by atoms with van der Waals surface area (Å²) in [4.78, 5) is 12.4. The molecule has 0 spiro atoms. The molecule has 1 saturated heterocycles. The summed E-state index contributed by atoms with van der Waals surface area (Å²) < 4.78 is 6.43. The number of nitrogens with one attached hydrogen (secondary N) is 1. The van der Waals surface area contributed by atoms with Crippen molar-refractivity contribution in [3.05, 3.63) is 59.7 Å². The Kier molecular flexibility index (Phi) is 8.84. The van der Waals surface area contributed by atoms with Crippen LogP contribution in [0.25, 0.3) is 0 Å². The van der Waals surface area contributed by atoms with Gasteiger partial charge in [0.2, 0.25) is 0 Å². The second-order valence-corrected chi connectivity index (χ2v) is 10.6. The predicted octanol–water partition coefficient (Wildman–Crippen LogP) is 5.17. The van der Waals surface area contributed by atoms with Crippen molar-refractivity contribution >= 4 is 6.09 Å². The van der Waals surface area contributed by atoms with Crippen molar-refractivity contribution in [3.8, 4) is 11.5 Å². The Hall–Kier alpha value is -2.73. The highest BCUT2D eigenvalue weighted by molar-refractivity contribution is 5.68. The topological polar surface area (TPSA) is 78.8 Å². The zero-order chi connectivity index (χ0) is 24.6. The number of aryl methyl sites for hydroxylation is 2. The third-order valence-corrected chi connectivity index (χ3v) is 6.65. The molecular weight excluding hydrogens is 428 g/mol. The van der Waals surface area contributed by atoms with Gasteiger partial charge in [0.1, 0.15) is 17.1 Å². The van der Waals surface area contributed by atoms with Crippen molar-refractivity contribution < 1.29 is 24.2 Å². The molecule has 2 aromatic rings. The summed E-state index contributed by atoms with van der Waals surface area (Å²) in [5.41, 5.74) is 1.45. The number of nitrogens with zero attached hydrogens (tertiary/aromatic N) is 1. The molecule has 0 saturated carbocycles. The van der Waals surface area contributed by atoms with Crippen LogP contribution in [0.15, 0.2) is 48.5 Å². The van der Waals surface area contributed by atoms with Crippen LogP contribution in [0.5, 0.6) is 11.5 Å². The average molecular weight is 470 g/mol. The van der Waals surface area contributed by atoms with Gasteiger partial charge in [0.05, 0.1) is 32.2 Å². The number of ether oxygens (including phenoxy) is 1. The van der Waals surface area contributed by atoms with Crippen LogP contribution in [0.4, 0.5) is 4.79 Å². The fraction of sp³-hybridized carbons (Fsp3) is 0.536. The van der Waals surface area contributed by atoms with Crippen molar-refractivity contribution in [1.82, 2.24) is 5.32 Å². The van der Waals surface area contributed by atoms with E-state index in [0.29, 0.717) is 11.5 Å². The minimum atomic E-state index is -0.514. The first-order chi connectivity index (χ1) is 16.2. The predicted molar refractivity (Wildman–Crippen MR) is 135 cm³/mol. The number of likely N-dealkylation sites (tertiary alicyclic amines) is 1. The number of alkyl carbamates (subject to hydrolysis) is 1. The molecule has 186 valence electrons. The molecule has 1 amide bonds. The van der Waals surface area contributed by atoms with Crippen molar-refractivity contribution in [2.45, 2.75) is 70.9 Å². The third-order valence-electron chi connectivity index (χ3n) is 6.65. The quantitative estimate of drug-likeness (QED) is 0.443. The molecule has 1 heterocycles. The Labute approximate surface area is 204 Å². The molecule has 0 aliphatic carbocycles. The third kappa shape index (κ3) is 7.94. The molecule has 6 heteroatoms. The van der Waals surface area contributed by atoms with Gasteiger partial charge in [0.15, 0.2) is 0 Å². The van der Waals surface area contributed by atoms with E-state index in [1.165, 1.54) is 0 Å². The summed E-state index contributed by atoms with van der Waals surface area (Å²) in [6, 6.07) is 15.2. The van der Waals surface area contributed by atoms with Crippen LogP contribution < -0.4 is 5.32 Å². The lowest BCUT2D eigenvalue weighted by atomic mass is 9.99. The van der Waals surface area contributed by atoms with E-state index in [1.54, 1.807) is 12.1 Å². The smallest absolute Gasteiger partial charge is 0.408 e. The van der Waals surface area contributed by atoms with Crippen LogP contribution in [0.3, 0.4) is 0 Å². The number of aromatic hydroxyl groups is 2. The van der Waals surface area contributed by atoms with Gasteiger partial charge in [-0.3, -0.25) is 0 Å². The van der Waals surface area contributed by atoms with E-state index in [1.807, 2.05) is 57.2 Å². The number of phenolic OH excluding ortho intramolecular Hbond substituents is 2. The van der Waals surface area contributed by atoms with E-state index in [2.05, 4.69) is 5.32 Å². The molecule has 3 rings (SSSR count). The van der Waals surface area contributed by atoms with Crippen LogP contribution in [0, 0.1) is 0 Å². The molecule has 34 heavy (non-hydrogen) atoms. The van der Waals surface area contributed by atoms with Crippen LogP contribution in [0.1, 0.15) is 57.6 Å². The molecule has 1 aliphatic heterocycles. The molecule has 1 unspecified atom stereocenters. The van der Waals surface area contributed by atoms with Crippen molar-refractivity contribution in [3.63, 3.8) is 0 Å². The molecular formula is C28H41N2O4+. The monoisotopic (exact) mass is 469 g/mol. The van der Waals surface area contributed by atoms with Gasteiger partial charge in [-0.25, -0.2) is 4.79 Å². The number of rotatable bonds is 9. The number of piperidine rings is 1. The van der Waals surface area contributed by atoms with Crippen molar-refractivity contribution in [2.75, 3.05) is 26.2 Å². The number of carbonyl (C=O) groups is 1. The Balaban J connectivity index is 1.65. The van der Waals surface area contributed by atoms with Crippen LogP contribution in [-0.2, 0) is 17.6 Å². The number of hydrogen-bond donors (Lipinski definition) is 3. The summed E-state index contributed by atoms with van der Waals surface area (Å²) in [7, 11) is 0. The largest absolute Gasteiger partial charge is 0.508 e. The van der Waals surface area contributed by atoms with Gasteiger partial charge in [0, 0.05) is 12.8 Å². The van der Waals surface area contributed by atoms with E-state index in [-0.39, 0.29) is 12.1 Å². The zero-order valence-electron chi connectivity index (χ0n) is 20.9. The Morgan fingerprint density at radius 2 is 1.50 bits per heavy atom. The SMILES string of the molecule is CC(C)(C)OC(=O)NC1CCC[N+](CCCc2ccccc2O)(CCCc2ccccc2O)C1. The van der Waals surface area contributed by atoms with Gasteiger partial charge in [-0.15, -0.1) is 0 Å². The molecule has 1 fully saturated rings. The summed E-state index contributed by atoms with van der Waals surface area (Å²) in [6.07, 6.45) is 5.25. The lowest BCUT2D eigenvalue weighted by Gasteiger charge is -2.45. The maximum atomic E-state index is 12.4. The van der Waals surface area contributed by atoms with Crippen molar-refractivity contribution in [1.29, 1.82) is 0 Å². The van der Waals surface area contributed by atoms with E-state index in [4.69, 9.17) is 4.74 Å². The summed E-state index contributed by atoms with van der Waals surface area (Å²) in [5, 5.41) is 23.4. The van der Waals surface area contributed by atoms with Crippen molar-refractivity contribution in [2.24, 2.45) is 0 Å². The number of hydrogen-bond acceptors (Lipinski definition) is 4. The molecule has 6 nitrogen and oxygen atoms in total. The minimum Gasteiger partial charge on any atom is -0.508 e. The molecule has 0 bridgehead atoms. The van der Waals surface area contributed by atoms with Gasteiger partial charge in [-0.05, 0) is 69.7 Å². The second-order valence-electron chi connectivity index (χ2n) is 10.6. The van der Waals surface area contributed by atoms with E-state index in [0.717, 1.165) is 80.3 Å². The first-order valence-electron chi connectivity index (χ1n) is 12.5. The second kappa shape index (κ2) is 11.6. The normalized spacial score (nSPS) is 17.8. The molecule has 0 aromatic heterocycles. The van der Waals surface area contributed by atoms with Gasteiger partial charge in [0.25, 0.3) is 0 Å². The standard InChI is InChI=1S/C28H40N2O4/c1-28(2,3)34-27(33)29-24-15-10-20-30(21-24,18-8-13-22-11-4-6-16-25(22)31)19-9-14-23-12-5-7-17-26(23)32/h4-7,11-12,16-17,24H,8-10,13-15,18-21H2,1-3H3,(H2-,29,31,32,33)/p+1. The average Bonchev–Trinajstić information content (AvgIpc) is 2.75. The number of amides is 1. The number of para-hydroxylation sites is 2. The highest BCUT2D eigenvalue weighted by atomic mass is 16.6. The maximum absolute atomic E-state index is 12.4. The molecule has 0 radical (unpaired) electrons. The maximum Gasteiger partial charge on any atom is 0.408 e. The summed E-state index contributed by atoms with van der Waals surface area (Å²) >= 11 is 0. The molecule has 1 atom stereocenters. The van der Waals surface area contributed by atoms with Crippen LogP contribution in [-0.4, -0.2) is 58.6 Å². The molecule has 1 aliphatic rings. The summed E-state index contributed by atoms with van der Waals surface area (Å²) in [6.45, 7) is 9.57. The highest BCUT2D eigenvalue weighted by Gasteiger charge is 2.35. The minimum absolute atomic E-state index is 0.0823. The zero-order valence-corrected chi connectivity index (χ0v) is 20.9. The number of quaternary nitrogens is 1. The fourth-order valence-electron chi connectivity index (χ4n) is 5.09. The number of benzene rings is 2. The van der Waals surface area contributed by atoms with Gasteiger partial charge in [-0.2, -0.15) is 0 Å². The molecule has 3 N–H and O–H groups in total. The lowest BCUT2D eigenvalue weighted by Crippen LogP contribution is -2.60. The fourth-order valence-corrected chi connectivity index (χ4v) is 5.09. The first kappa shape index (κ1) is 25.9. The Morgan fingerprint density at radius 1 is 0.971 bits per heavy atom. The Morgan fingerprint density at radius 3 is 2.00 bits per heavy atom. The number of phenols is 2. The summed E-state index contributed by atoms with van der Waals surface area (Å²) in [5.74, 6) is 0.716. The van der Waals surface area contributed by atoms with Crippen LogP contribution in [0.2, 0.25) is 0 Å².